The fourth-order valence-electron chi connectivity index (χ4n) is 3.14. The zero-order valence-corrected chi connectivity index (χ0v) is 16.1. The predicted molar refractivity (Wildman–Crippen MR) is 114 cm³/mol. The molecule has 142 valence electrons. The number of phenolic OH excluding ortho intramolecular Hbond substituents is 2. The van der Waals surface area contributed by atoms with Crippen molar-refractivity contribution < 1.29 is 10.2 Å². The van der Waals surface area contributed by atoms with Gasteiger partial charge in [-0.1, -0.05) is 36.8 Å². The van der Waals surface area contributed by atoms with Gasteiger partial charge in [-0.25, -0.2) is 0 Å². The lowest BCUT2D eigenvalue weighted by molar-refractivity contribution is 0.462. The van der Waals surface area contributed by atoms with Crippen LogP contribution in [0.4, 0.5) is 0 Å². The van der Waals surface area contributed by atoms with Crippen LogP contribution in [0, 0.1) is 0 Å². The van der Waals surface area contributed by atoms with Crippen LogP contribution in [0.15, 0.2) is 54.5 Å². The van der Waals surface area contributed by atoms with Crippen LogP contribution in [0.25, 0.3) is 22.9 Å². The van der Waals surface area contributed by atoms with Crippen LogP contribution < -0.4 is 16.2 Å². The highest BCUT2D eigenvalue weighted by molar-refractivity contribution is 5.93. The van der Waals surface area contributed by atoms with E-state index in [0.717, 1.165) is 31.3 Å². The lowest BCUT2D eigenvalue weighted by Crippen LogP contribution is -2.26. The molecule has 0 aliphatic rings. The number of pyridine rings is 1. The van der Waals surface area contributed by atoms with Gasteiger partial charge in [0.15, 0.2) is 0 Å². The Kier molecular flexibility index (Phi) is 7.24. The molecule has 0 fully saturated rings. The van der Waals surface area contributed by atoms with Gasteiger partial charge in [0.2, 0.25) is 0 Å². The highest BCUT2D eigenvalue weighted by Gasteiger charge is 2.10. The van der Waals surface area contributed by atoms with Gasteiger partial charge in [-0.05, 0) is 57.0 Å². The summed E-state index contributed by atoms with van der Waals surface area (Å²) in [6, 6.07) is 1.71. The number of allylic oxidation sites excluding steroid dienone is 4. The number of hydrogen-bond acceptors (Lipinski definition) is 4. The topological polar surface area (TPSA) is 79.4 Å². The number of benzene rings is 1. The van der Waals surface area contributed by atoms with E-state index in [0.29, 0.717) is 21.2 Å². The van der Waals surface area contributed by atoms with Crippen LogP contribution in [0.3, 0.4) is 0 Å². The van der Waals surface area contributed by atoms with Crippen molar-refractivity contribution in [1.82, 2.24) is 4.98 Å². The van der Waals surface area contributed by atoms with Gasteiger partial charge in [-0.2, -0.15) is 0 Å². The van der Waals surface area contributed by atoms with Crippen LogP contribution in [-0.4, -0.2) is 15.2 Å². The van der Waals surface area contributed by atoms with E-state index < -0.39 is 0 Å². The molecule has 0 aliphatic carbocycles. The van der Waals surface area contributed by atoms with E-state index >= 15 is 0 Å². The molecule has 0 aliphatic heterocycles. The first-order valence-electron chi connectivity index (χ1n) is 9.24. The molecule has 1 heterocycles. The molecule has 0 bridgehead atoms. The zero-order valence-electron chi connectivity index (χ0n) is 16.1. The number of fused-ring (bicyclic) bond motifs is 1. The first-order chi connectivity index (χ1) is 13.0. The summed E-state index contributed by atoms with van der Waals surface area (Å²) in [7, 11) is 0. The number of nitrogens with zero attached hydrogens (tertiary/aromatic N) is 1. The minimum atomic E-state index is 0.122. The molecule has 2 rings (SSSR count). The Morgan fingerprint density at radius 1 is 1.19 bits per heavy atom. The maximum absolute atomic E-state index is 10.8. The molecule has 0 radical (unpaired) electrons. The molecule has 0 saturated carbocycles. The largest absolute Gasteiger partial charge is 0.507 e. The van der Waals surface area contributed by atoms with E-state index in [2.05, 4.69) is 11.6 Å². The van der Waals surface area contributed by atoms with Crippen molar-refractivity contribution in [2.45, 2.75) is 39.5 Å². The summed E-state index contributed by atoms with van der Waals surface area (Å²) in [6.07, 6.45) is 15.8. The minimum Gasteiger partial charge on any atom is -0.507 e. The molecule has 0 spiro atoms. The smallest absolute Gasteiger partial charge is 0.133 e. The fraction of sp³-hybridized carbons (Fsp3) is 0.261. The van der Waals surface area contributed by atoms with Crippen LogP contribution in [-0.2, 0) is 0 Å². The van der Waals surface area contributed by atoms with E-state index in [9.17, 15) is 10.2 Å². The normalized spacial score (nSPS) is 13.8. The highest BCUT2D eigenvalue weighted by atomic mass is 16.3. The van der Waals surface area contributed by atoms with E-state index in [1.807, 2.05) is 38.2 Å². The van der Waals surface area contributed by atoms with E-state index in [-0.39, 0.29) is 11.5 Å². The van der Waals surface area contributed by atoms with Crippen molar-refractivity contribution in [2.75, 3.05) is 0 Å². The van der Waals surface area contributed by atoms with Gasteiger partial charge >= 0.3 is 0 Å². The zero-order chi connectivity index (χ0) is 19.8. The van der Waals surface area contributed by atoms with E-state index in [1.54, 1.807) is 24.7 Å². The first-order valence-corrected chi connectivity index (χ1v) is 9.24. The molecule has 27 heavy (non-hydrogen) atoms. The summed E-state index contributed by atoms with van der Waals surface area (Å²) in [5.74, 6) is 0.285. The van der Waals surface area contributed by atoms with Crippen molar-refractivity contribution in [3.05, 3.63) is 65.0 Å². The summed E-state index contributed by atoms with van der Waals surface area (Å²) in [5, 5.41) is 23.8. The lowest BCUT2D eigenvalue weighted by Gasteiger charge is -2.08. The molecular weight excluding hydrogens is 336 g/mol. The monoisotopic (exact) mass is 364 g/mol. The minimum absolute atomic E-state index is 0.122. The summed E-state index contributed by atoms with van der Waals surface area (Å²) in [4.78, 5) is 4.07. The SMILES string of the molecule is C=C(/C=c1/c(O)c2cnccc2c(O)/c1=C/CC)CCCC(/C=C\N)=C/C. The van der Waals surface area contributed by atoms with Crippen molar-refractivity contribution in [1.29, 1.82) is 0 Å². The lowest BCUT2D eigenvalue weighted by atomic mass is 10.0. The van der Waals surface area contributed by atoms with Gasteiger partial charge in [0.05, 0.1) is 0 Å². The predicted octanol–water partition coefficient (Wildman–Crippen LogP) is 3.76. The maximum atomic E-state index is 10.8. The molecule has 0 atom stereocenters. The van der Waals surface area contributed by atoms with Crippen molar-refractivity contribution in [3.63, 3.8) is 0 Å². The van der Waals surface area contributed by atoms with Gasteiger partial charge < -0.3 is 15.9 Å². The number of nitrogens with two attached hydrogens (primary N) is 1. The van der Waals surface area contributed by atoms with Crippen LogP contribution in [0.2, 0.25) is 0 Å². The molecule has 0 saturated heterocycles. The van der Waals surface area contributed by atoms with Crippen molar-refractivity contribution in [3.8, 4) is 11.5 Å². The number of phenols is 2. The standard InChI is InChI=1S/C23H28N2O2/c1-4-7-18-20(14-16(3)8-6-9-17(5-2)10-12-24)23(27)21-15-25-13-11-19(21)22(18)26/h5,7,10-15,26-27H,3-4,6,8-9,24H2,1-2H3/b12-10-,17-5-,18-7+,20-14+. The molecule has 2 aromatic rings. The van der Waals surface area contributed by atoms with Crippen LogP contribution in [0.1, 0.15) is 39.5 Å². The Labute approximate surface area is 160 Å². The molecule has 4 N–H and O–H groups in total. The molecule has 4 heteroatoms. The average Bonchev–Trinajstić information content (AvgIpc) is 2.68. The van der Waals surface area contributed by atoms with Crippen molar-refractivity contribution in [2.24, 2.45) is 5.73 Å². The first kappa shape index (κ1) is 20.3. The second-order valence-corrected chi connectivity index (χ2v) is 6.44. The number of rotatable bonds is 7. The quantitative estimate of drug-likeness (QED) is 0.516. The summed E-state index contributed by atoms with van der Waals surface area (Å²) >= 11 is 0. The Hall–Kier alpha value is -3.01. The van der Waals surface area contributed by atoms with Gasteiger partial charge in [0.25, 0.3) is 0 Å². The Morgan fingerprint density at radius 2 is 1.93 bits per heavy atom. The van der Waals surface area contributed by atoms with Crippen LogP contribution in [0.5, 0.6) is 11.5 Å². The summed E-state index contributed by atoms with van der Waals surface area (Å²) in [5.41, 5.74) is 7.53. The molecular formula is C23H28N2O2. The number of hydrogen-bond donors (Lipinski definition) is 3. The third kappa shape index (κ3) is 4.79. The summed E-state index contributed by atoms with van der Waals surface area (Å²) < 4.78 is 0. The molecule has 0 unspecified atom stereocenters. The van der Waals surface area contributed by atoms with Gasteiger partial charge in [-0.15, -0.1) is 0 Å². The molecule has 4 nitrogen and oxygen atoms in total. The average molecular weight is 364 g/mol. The third-order valence-corrected chi connectivity index (χ3v) is 4.53. The van der Waals surface area contributed by atoms with E-state index in [4.69, 9.17) is 5.73 Å². The maximum Gasteiger partial charge on any atom is 0.133 e. The highest BCUT2D eigenvalue weighted by Crippen LogP contribution is 2.25. The van der Waals surface area contributed by atoms with Gasteiger partial charge in [-0.3, -0.25) is 4.98 Å². The second-order valence-electron chi connectivity index (χ2n) is 6.44. The van der Waals surface area contributed by atoms with Gasteiger partial charge in [0, 0.05) is 33.6 Å². The molecule has 1 aromatic carbocycles. The summed E-state index contributed by atoms with van der Waals surface area (Å²) in [6.45, 7) is 8.12. The fourth-order valence-corrected chi connectivity index (χ4v) is 3.14. The Morgan fingerprint density at radius 3 is 2.59 bits per heavy atom. The molecule has 0 amide bonds. The number of aromatic hydroxyl groups is 2. The third-order valence-electron chi connectivity index (χ3n) is 4.53. The number of aromatic nitrogens is 1. The van der Waals surface area contributed by atoms with E-state index in [1.165, 1.54) is 5.57 Å². The Bertz CT molecular complexity index is 1000. The second kappa shape index (κ2) is 9.62. The van der Waals surface area contributed by atoms with Crippen molar-refractivity contribution >= 4 is 22.9 Å². The Balaban J connectivity index is 2.42. The molecule has 1 aromatic heterocycles. The van der Waals surface area contributed by atoms with Crippen LogP contribution >= 0.6 is 0 Å². The van der Waals surface area contributed by atoms with Gasteiger partial charge in [0.1, 0.15) is 11.5 Å².